The van der Waals surface area contributed by atoms with E-state index in [2.05, 4.69) is 21.4 Å². The van der Waals surface area contributed by atoms with Crippen molar-refractivity contribution in [3.8, 4) is 11.5 Å². The van der Waals surface area contributed by atoms with Crippen LogP contribution in [-0.2, 0) is 11.4 Å². The number of ether oxygens (including phenoxy) is 2. The molecule has 0 atom stereocenters. The highest BCUT2D eigenvalue weighted by molar-refractivity contribution is 9.10. The molecule has 0 aliphatic carbocycles. The number of nitrogens with zero attached hydrogens (tertiary/aromatic N) is 1. The lowest BCUT2D eigenvalue weighted by molar-refractivity contribution is -0.123. The summed E-state index contributed by atoms with van der Waals surface area (Å²) < 4.78 is 25.3. The van der Waals surface area contributed by atoms with Crippen LogP contribution in [0.1, 0.15) is 21.5 Å². The predicted octanol–water partition coefficient (Wildman–Crippen LogP) is 6.38. The quantitative estimate of drug-likeness (QED) is 0.249. The van der Waals surface area contributed by atoms with E-state index in [1.54, 1.807) is 54.6 Å². The van der Waals surface area contributed by atoms with Crippen molar-refractivity contribution in [2.45, 2.75) is 6.61 Å². The van der Waals surface area contributed by atoms with Gasteiger partial charge in [0.05, 0.1) is 16.5 Å². The zero-order valence-corrected chi connectivity index (χ0v) is 22.6. The fraction of sp³-hybridized carbons (Fsp3) is 0.0800. The number of thiocarbonyl (C=S) groups is 1. The monoisotopic (exact) mass is 606 g/mol. The molecular weight excluding hydrogens is 591 g/mol. The fourth-order valence-corrected chi connectivity index (χ4v) is 5.06. The van der Waals surface area contributed by atoms with Crippen molar-refractivity contribution in [2.24, 2.45) is 0 Å². The van der Waals surface area contributed by atoms with Gasteiger partial charge in [-0.3, -0.25) is 15.0 Å². The van der Waals surface area contributed by atoms with E-state index in [0.717, 1.165) is 22.3 Å². The van der Waals surface area contributed by atoms with Gasteiger partial charge in [-0.2, -0.15) is 5.01 Å². The summed E-state index contributed by atoms with van der Waals surface area (Å²) in [5.74, 6) is -0.377. The molecule has 0 radical (unpaired) electrons. The van der Waals surface area contributed by atoms with Gasteiger partial charge in [-0.05, 0) is 93.9 Å². The summed E-state index contributed by atoms with van der Waals surface area (Å²) >= 11 is 15.7. The molecule has 0 bridgehead atoms. The fourth-order valence-electron chi connectivity index (χ4n) is 3.18. The van der Waals surface area contributed by atoms with Crippen LogP contribution in [-0.4, -0.2) is 28.3 Å². The van der Waals surface area contributed by atoms with Crippen molar-refractivity contribution in [1.82, 2.24) is 10.4 Å². The highest BCUT2D eigenvalue weighted by Crippen LogP contribution is 2.39. The number of amides is 2. The third-order valence-electron chi connectivity index (χ3n) is 4.96. The molecule has 1 aliphatic rings. The van der Waals surface area contributed by atoms with Gasteiger partial charge in [0.25, 0.3) is 11.8 Å². The molecule has 0 aromatic heterocycles. The van der Waals surface area contributed by atoms with Crippen LogP contribution in [0.5, 0.6) is 11.5 Å². The number of rotatable bonds is 7. The van der Waals surface area contributed by atoms with Gasteiger partial charge in [-0.15, -0.1) is 0 Å². The summed E-state index contributed by atoms with van der Waals surface area (Å²) in [6.45, 7) is 0.209. The van der Waals surface area contributed by atoms with Crippen LogP contribution in [0.2, 0.25) is 5.02 Å². The van der Waals surface area contributed by atoms with Crippen LogP contribution in [0.15, 0.2) is 70.0 Å². The maximum atomic E-state index is 13.1. The number of carbonyl (C=O) groups is 2. The van der Waals surface area contributed by atoms with Gasteiger partial charge in [0.1, 0.15) is 12.4 Å². The van der Waals surface area contributed by atoms with Gasteiger partial charge in [0, 0.05) is 10.6 Å². The maximum Gasteiger partial charge on any atom is 0.285 e. The molecule has 1 fully saturated rings. The van der Waals surface area contributed by atoms with Gasteiger partial charge in [0.2, 0.25) is 0 Å². The molecule has 184 valence electrons. The van der Waals surface area contributed by atoms with E-state index in [4.69, 9.17) is 33.3 Å². The number of hydrogen-bond acceptors (Lipinski definition) is 6. The van der Waals surface area contributed by atoms with Crippen molar-refractivity contribution >= 4 is 73.7 Å². The minimum absolute atomic E-state index is 0.193. The van der Waals surface area contributed by atoms with Crippen molar-refractivity contribution in [2.75, 3.05) is 7.11 Å². The van der Waals surface area contributed by atoms with Crippen LogP contribution < -0.4 is 14.9 Å². The van der Waals surface area contributed by atoms with Crippen molar-refractivity contribution in [1.29, 1.82) is 0 Å². The Bertz CT molecular complexity index is 1370. The molecule has 0 unspecified atom stereocenters. The van der Waals surface area contributed by atoms with Crippen molar-refractivity contribution in [3.05, 3.63) is 97.6 Å². The Morgan fingerprint density at radius 1 is 1.19 bits per heavy atom. The number of nitrogens with one attached hydrogen (secondary N) is 1. The smallest absolute Gasteiger partial charge is 0.285 e. The van der Waals surface area contributed by atoms with E-state index < -0.39 is 11.8 Å². The summed E-state index contributed by atoms with van der Waals surface area (Å²) in [6.07, 6.45) is 1.64. The Balaban J connectivity index is 1.50. The SMILES string of the molecule is COc1cc(/C=C2/SC(=S)N(NC(=O)c3ccc(Cl)cc3)C2=O)cc(Br)c1OCc1ccc(F)cc1. The largest absolute Gasteiger partial charge is 0.493 e. The standard InChI is InChI=1S/C25H17BrClFN2O4S2/c1-33-20-11-15(10-19(26)22(20)34-13-14-2-8-18(28)9-3-14)12-21-24(32)30(25(35)36-21)29-23(31)16-4-6-17(27)7-5-16/h2-12H,13H2,1H3,(H,29,31)/b21-12+. The number of hydrogen-bond donors (Lipinski definition) is 1. The minimum atomic E-state index is -0.490. The molecule has 3 aromatic rings. The first-order valence-electron chi connectivity index (χ1n) is 10.3. The van der Waals surface area contributed by atoms with E-state index in [0.29, 0.717) is 37.0 Å². The van der Waals surface area contributed by atoms with Crippen LogP contribution in [0, 0.1) is 5.82 Å². The maximum absolute atomic E-state index is 13.1. The van der Waals surface area contributed by atoms with E-state index >= 15 is 0 Å². The van der Waals surface area contributed by atoms with Crippen molar-refractivity contribution < 1.29 is 23.5 Å². The summed E-state index contributed by atoms with van der Waals surface area (Å²) in [4.78, 5) is 25.8. The summed E-state index contributed by atoms with van der Waals surface area (Å²) in [5.41, 5.74) is 4.31. The summed E-state index contributed by atoms with van der Waals surface area (Å²) in [6, 6.07) is 15.7. The van der Waals surface area contributed by atoms with Gasteiger partial charge < -0.3 is 9.47 Å². The van der Waals surface area contributed by atoms with Crippen LogP contribution in [0.25, 0.3) is 6.08 Å². The Morgan fingerprint density at radius 3 is 2.56 bits per heavy atom. The molecule has 2 amide bonds. The number of carbonyl (C=O) groups excluding carboxylic acids is 2. The Morgan fingerprint density at radius 2 is 1.89 bits per heavy atom. The van der Waals surface area contributed by atoms with E-state index in [-0.39, 0.29) is 16.7 Å². The van der Waals surface area contributed by atoms with E-state index in [9.17, 15) is 14.0 Å². The zero-order chi connectivity index (χ0) is 25.8. The molecular formula is C25H17BrClFN2O4S2. The van der Waals surface area contributed by atoms with Gasteiger partial charge in [-0.1, -0.05) is 35.5 Å². The second-order valence-electron chi connectivity index (χ2n) is 7.41. The third-order valence-corrected chi connectivity index (χ3v) is 7.10. The lowest BCUT2D eigenvalue weighted by Gasteiger charge is -2.15. The molecule has 3 aromatic carbocycles. The molecule has 1 saturated heterocycles. The van der Waals surface area contributed by atoms with Gasteiger partial charge >= 0.3 is 0 Å². The first-order chi connectivity index (χ1) is 17.2. The highest BCUT2D eigenvalue weighted by Gasteiger charge is 2.34. The number of halogens is 3. The Kier molecular flexibility index (Phi) is 8.30. The van der Waals surface area contributed by atoms with Crippen LogP contribution >= 0.6 is 51.5 Å². The first-order valence-corrected chi connectivity index (χ1v) is 12.7. The van der Waals surface area contributed by atoms with Crippen LogP contribution in [0.4, 0.5) is 4.39 Å². The lowest BCUT2D eigenvalue weighted by Crippen LogP contribution is -2.44. The topological polar surface area (TPSA) is 67.9 Å². The molecule has 4 rings (SSSR count). The van der Waals surface area contributed by atoms with E-state index in [1.807, 2.05) is 0 Å². The lowest BCUT2D eigenvalue weighted by atomic mass is 10.1. The van der Waals surface area contributed by atoms with Crippen molar-refractivity contribution in [3.63, 3.8) is 0 Å². The number of hydrazine groups is 1. The number of benzene rings is 3. The first kappa shape index (κ1) is 26.2. The zero-order valence-electron chi connectivity index (χ0n) is 18.6. The highest BCUT2D eigenvalue weighted by atomic mass is 79.9. The average molecular weight is 608 g/mol. The van der Waals surface area contributed by atoms with Crippen LogP contribution in [0.3, 0.4) is 0 Å². The molecule has 36 heavy (non-hydrogen) atoms. The molecule has 0 saturated carbocycles. The molecule has 1 heterocycles. The molecule has 6 nitrogen and oxygen atoms in total. The summed E-state index contributed by atoms with van der Waals surface area (Å²) in [7, 11) is 1.50. The van der Waals surface area contributed by atoms with Gasteiger partial charge in [0.15, 0.2) is 15.8 Å². The Hall–Kier alpha value is -2.92. The summed E-state index contributed by atoms with van der Waals surface area (Å²) in [5, 5.41) is 1.53. The molecule has 1 N–H and O–H groups in total. The third kappa shape index (κ3) is 6.07. The molecule has 11 heteroatoms. The number of methoxy groups -OCH3 is 1. The second-order valence-corrected chi connectivity index (χ2v) is 10.4. The average Bonchev–Trinajstić information content (AvgIpc) is 3.11. The van der Waals surface area contributed by atoms with E-state index in [1.165, 1.54) is 19.2 Å². The van der Waals surface area contributed by atoms with Gasteiger partial charge in [-0.25, -0.2) is 4.39 Å². The predicted molar refractivity (Wildman–Crippen MR) is 145 cm³/mol. The Labute approximate surface area is 229 Å². The normalized spacial score (nSPS) is 14.3. The molecule has 1 aliphatic heterocycles. The molecule has 0 spiro atoms. The second kappa shape index (κ2) is 11.4. The minimum Gasteiger partial charge on any atom is -0.493 e. The number of thioether (sulfide) groups is 1.